The van der Waals surface area contributed by atoms with Crippen molar-refractivity contribution in [2.75, 3.05) is 18.1 Å². The number of hydrogen-bond acceptors (Lipinski definition) is 4. The molecule has 23 heavy (non-hydrogen) atoms. The summed E-state index contributed by atoms with van der Waals surface area (Å²) in [5.41, 5.74) is -0.0387. The summed E-state index contributed by atoms with van der Waals surface area (Å²) in [6.45, 7) is 4.52. The van der Waals surface area contributed by atoms with E-state index in [1.807, 2.05) is 0 Å². The van der Waals surface area contributed by atoms with Gasteiger partial charge in [-0.15, -0.1) is 0 Å². The van der Waals surface area contributed by atoms with Crippen molar-refractivity contribution in [3.8, 4) is 0 Å². The van der Waals surface area contributed by atoms with Crippen LogP contribution < -0.4 is 5.32 Å². The van der Waals surface area contributed by atoms with Gasteiger partial charge in [-0.05, 0) is 30.4 Å². The van der Waals surface area contributed by atoms with Crippen molar-refractivity contribution < 1.29 is 18.0 Å². The Morgan fingerprint density at radius 1 is 1.35 bits per heavy atom. The SMILES string of the molecule is CCSCCNC1=C(c2cccc(C(F)(F)F)c2)C(=O)C(C)S1. The molecule has 0 saturated heterocycles. The van der Waals surface area contributed by atoms with Crippen molar-refractivity contribution in [1.29, 1.82) is 0 Å². The van der Waals surface area contributed by atoms with Crippen LogP contribution in [-0.4, -0.2) is 29.1 Å². The van der Waals surface area contributed by atoms with Crippen LogP contribution in [0.2, 0.25) is 0 Å². The number of rotatable bonds is 6. The highest BCUT2D eigenvalue weighted by atomic mass is 32.2. The summed E-state index contributed by atoms with van der Waals surface area (Å²) < 4.78 is 38.7. The molecule has 1 aliphatic heterocycles. The fraction of sp³-hybridized carbons (Fsp3) is 0.438. The highest BCUT2D eigenvalue weighted by Crippen LogP contribution is 2.40. The molecule has 2 nitrogen and oxygen atoms in total. The molecule has 0 bridgehead atoms. The van der Waals surface area contributed by atoms with Crippen LogP contribution in [0.1, 0.15) is 25.0 Å². The summed E-state index contributed by atoms with van der Waals surface area (Å²) in [4.78, 5) is 12.4. The Morgan fingerprint density at radius 3 is 2.74 bits per heavy atom. The predicted octanol–water partition coefficient (Wildman–Crippen LogP) is 4.42. The zero-order chi connectivity index (χ0) is 17.0. The van der Waals surface area contributed by atoms with E-state index in [2.05, 4.69) is 12.2 Å². The molecule has 0 spiro atoms. The first-order valence-electron chi connectivity index (χ1n) is 7.29. The van der Waals surface area contributed by atoms with Crippen LogP contribution in [0, 0.1) is 0 Å². The van der Waals surface area contributed by atoms with Crippen molar-refractivity contribution in [3.63, 3.8) is 0 Å². The van der Waals surface area contributed by atoms with Gasteiger partial charge in [0, 0.05) is 12.3 Å². The van der Waals surface area contributed by atoms with Crippen molar-refractivity contribution in [1.82, 2.24) is 5.32 Å². The lowest BCUT2D eigenvalue weighted by atomic mass is 9.99. The van der Waals surface area contributed by atoms with Gasteiger partial charge in [0.25, 0.3) is 0 Å². The first-order chi connectivity index (χ1) is 10.8. The van der Waals surface area contributed by atoms with Gasteiger partial charge in [0.05, 0.1) is 21.4 Å². The number of hydrogen-bond donors (Lipinski definition) is 1. The van der Waals surface area contributed by atoms with Gasteiger partial charge in [-0.1, -0.05) is 30.8 Å². The molecule has 1 heterocycles. The van der Waals surface area contributed by atoms with Crippen LogP contribution in [-0.2, 0) is 11.0 Å². The lowest BCUT2D eigenvalue weighted by molar-refractivity contribution is -0.137. The van der Waals surface area contributed by atoms with Crippen LogP contribution >= 0.6 is 23.5 Å². The summed E-state index contributed by atoms with van der Waals surface area (Å²) in [5, 5.41) is 3.61. The largest absolute Gasteiger partial charge is 0.416 e. The molecule has 0 amide bonds. The Labute approximate surface area is 142 Å². The average molecular weight is 361 g/mol. The molecule has 0 aliphatic carbocycles. The van der Waals surface area contributed by atoms with Crippen LogP contribution in [0.25, 0.3) is 5.57 Å². The summed E-state index contributed by atoms with van der Waals surface area (Å²) >= 11 is 3.14. The Hall–Kier alpha value is -1.08. The van der Waals surface area contributed by atoms with Gasteiger partial charge in [0.2, 0.25) is 0 Å². The van der Waals surface area contributed by atoms with E-state index >= 15 is 0 Å². The van der Waals surface area contributed by atoms with E-state index in [0.717, 1.165) is 23.6 Å². The molecule has 1 N–H and O–H groups in total. The maximum absolute atomic E-state index is 12.9. The molecule has 1 aliphatic rings. The van der Waals surface area contributed by atoms with Crippen LogP contribution in [0.5, 0.6) is 0 Å². The Morgan fingerprint density at radius 2 is 2.09 bits per heavy atom. The first-order valence-corrected chi connectivity index (χ1v) is 9.32. The second kappa shape index (κ2) is 7.66. The number of thioether (sulfide) groups is 2. The van der Waals surface area contributed by atoms with Crippen LogP contribution in [0.3, 0.4) is 0 Å². The summed E-state index contributed by atoms with van der Waals surface area (Å²) in [6, 6.07) is 4.97. The fourth-order valence-electron chi connectivity index (χ4n) is 2.24. The van der Waals surface area contributed by atoms with E-state index in [0.29, 0.717) is 22.7 Å². The molecule has 1 aromatic rings. The third kappa shape index (κ3) is 4.47. The van der Waals surface area contributed by atoms with E-state index in [9.17, 15) is 18.0 Å². The van der Waals surface area contributed by atoms with Gasteiger partial charge in [-0.2, -0.15) is 24.9 Å². The molecular formula is C16H18F3NOS2. The minimum absolute atomic E-state index is 0.125. The molecule has 2 rings (SSSR count). The monoisotopic (exact) mass is 361 g/mol. The van der Waals surface area contributed by atoms with Gasteiger partial charge in [0.15, 0.2) is 5.78 Å². The summed E-state index contributed by atoms with van der Waals surface area (Å²) in [5.74, 6) is 1.77. The van der Waals surface area contributed by atoms with E-state index in [-0.39, 0.29) is 11.0 Å². The van der Waals surface area contributed by atoms with Crippen LogP contribution in [0.4, 0.5) is 13.2 Å². The smallest absolute Gasteiger partial charge is 0.378 e. The quantitative estimate of drug-likeness (QED) is 0.760. The minimum Gasteiger partial charge on any atom is -0.378 e. The minimum atomic E-state index is -4.41. The summed E-state index contributed by atoms with van der Waals surface area (Å²) in [7, 11) is 0. The lowest BCUT2D eigenvalue weighted by Crippen LogP contribution is -2.15. The third-order valence-electron chi connectivity index (χ3n) is 3.35. The zero-order valence-corrected chi connectivity index (χ0v) is 14.5. The first kappa shape index (κ1) is 18.3. The topological polar surface area (TPSA) is 29.1 Å². The molecule has 0 saturated carbocycles. The maximum atomic E-state index is 12.9. The van der Waals surface area contributed by atoms with Crippen molar-refractivity contribution in [2.45, 2.75) is 25.3 Å². The average Bonchev–Trinajstić information content (AvgIpc) is 2.78. The molecule has 0 radical (unpaired) electrons. The number of carbonyl (C=O) groups is 1. The number of alkyl halides is 3. The van der Waals surface area contributed by atoms with E-state index in [1.165, 1.54) is 17.8 Å². The van der Waals surface area contributed by atoms with Gasteiger partial charge >= 0.3 is 6.18 Å². The lowest BCUT2D eigenvalue weighted by Gasteiger charge is -2.11. The number of benzene rings is 1. The van der Waals surface area contributed by atoms with Crippen LogP contribution in [0.15, 0.2) is 29.3 Å². The predicted molar refractivity (Wildman–Crippen MR) is 91.4 cm³/mol. The molecule has 0 aromatic heterocycles. The third-order valence-corrected chi connectivity index (χ3v) is 5.40. The van der Waals surface area contributed by atoms with Crippen molar-refractivity contribution >= 4 is 34.9 Å². The van der Waals surface area contributed by atoms with Gasteiger partial charge in [-0.25, -0.2) is 0 Å². The second-order valence-corrected chi connectivity index (χ2v) is 7.78. The number of allylic oxidation sites excluding steroid dienone is 1. The normalized spacial score (nSPS) is 18.7. The number of Topliss-reactive ketones (excluding diaryl/α,β-unsaturated/α-hetero) is 1. The molecule has 0 fully saturated rings. The van der Waals surface area contributed by atoms with E-state index in [1.54, 1.807) is 24.8 Å². The molecule has 1 unspecified atom stereocenters. The Kier molecular flexibility index (Phi) is 6.08. The fourth-order valence-corrected chi connectivity index (χ4v) is 3.88. The van der Waals surface area contributed by atoms with Gasteiger partial charge < -0.3 is 5.32 Å². The zero-order valence-electron chi connectivity index (χ0n) is 12.9. The van der Waals surface area contributed by atoms with Crippen molar-refractivity contribution in [3.05, 3.63) is 40.4 Å². The van der Waals surface area contributed by atoms with E-state index < -0.39 is 11.7 Å². The molecule has 126 valence electrons. The molecule has 1 atom stereocenters. The number of ketones is 1. The van der Waals surface area contributed by atoms with Gasteiger partial charge in [0.1, 0.15) is 0 Å². The summed E-state index contributed by atoms with van der Waals surface area (Å²) in [6.07, 6.45) is -4.41. The maximum Gasteiger partial charge on any atom is 0.416 e. The number of halogens is 3. The number of nitrogens with one attached hydrogen (secondary N) is 1. The standard InChI is InChI=1S/C16H18F3NOS2/c1-3-22-8-7-20-15-13(14(21)10(2)23-15)11-5-4-6-12(9-11)16(17,18)19/h4-6,9-10,20H,3,7-8H2,1-2H3. The second-order valence-electron chi connectivity index (χ2n) is 5.03. The highest BCUT2D eigenvalue weighted by Gasteiger charge is 2.34. The van der Waals surface area contributed by atoms with Gasteiger partial charge in [-0.3, -0.25) is 4.79 Å². The highest BCUT2D eigenvalue weighted by molar-refractivity contribution is 8.05. The van der Waals surface area contributed by atoms with Crippen molar-refractivity contribution in [2.24, 2.45) is 0 Å². The Bertz CT molecular complexity index is 614. The van der Waals surface area contributed by atoms with E-state index in [4.69, 9.17) is 0 Å². The molecule has 1 aromatic carbocycles. The Balaban J connectivity index is 2.30. The molecule has 7 heteroatoms. The molecular weight excluding hydrogens is 343 g/mol. The number of carbonyl (C=O) groups excluding carboxylic acids is 1.